The quantitative estimate of drug-likeness (QED) is 0.823. The first-order valence-electron chi connectivity index (χ1n) is 8.16. The van der Waals surface area contributed by atoms with Gasteiger partial charge in [0.05, 0.1) is 11.3 Å². The summed E-state index contributed by atoms with van der Waals surface area (Å²) in [6.07, 6.45) is -0.763. The van der Waals surface area contributed by atoms with Crippen molar-refractivity contribution in [1.29, 1.82) is 0 Å². The highest BCUT2D eigenvalue weighted by molar-refractivity contribution is 6.10. The van der Waals surface area contributed by atoms with E-state index in [4.69, 9.17) is 10.5 Å². The maximum Gasteiger partial charge on any atom is 0.264 e. The van der Waals surface area contributed by atoms with E-state index in [2.05, 4.69) is 0 Å². The summed E-state index contributed by atoms with van der Waals surface area (Å²) in [5.41, 5.74) is 2.48. The Bertz CT molecular complexity index is 771. The van der Waals surface area contributed by atoms with Gasteiger partial charge in [0.2, 0.25) is 11.8 Å². The fourth-order valence-corrected chi connectivity index (χ4v) is 4.10. The maximum atomic E-state index is 14.7. The highest BCUT2D eigenvalue weighted by Crippen LogP contribution is 2.54. The van der Waals surface area contributed by atoms with Gasteiger partial charge >= 0.3 is 0 Å². The minimum Gasteiger partial charge on any atom is -0.368 e. The third-order valence-electron chi connectivity index (χ3n) is 5.15. The van der Waals surface area contributed by atoms with Gasteiger partial charge in [-0.25, -0.2) is 17.6 Å². The van der Waals surface area contributed by atoms with E-state index in [1.807, 2.05) is 0 Å². The van der Waals surface area contributed by atoms with E-state index in [0.717, 1.165) is 24.1 Å². The molecule has 9 heteroatoms. The normalized spacial score (nSPS) is 27.5. The van der Waals surface area contributed by atoms with Gasteiger partial charge in [-0.15, -0.1) is 0 Å². The van der Waals surface area contributed by atoms with Crippen LogP contribution in [0.15, 0.2) is 12.1 Å². The predicted molar refractivity (Wildman–Crippen MR) is 83.5 cm³/mol. The van der Waals surface area contributed by atoms with Crippen LogP contribution in [0.1, 0.15) is 31.2 Å². The second-order valence-corrected chi connectivity index (χ2v) is 6.70. The molecule has 0 bridgehead atoms. The molecule has 2 atom stereocenters. The molecule has 2 amide bonds. The number of hydrogen-bond acceptors (Lipinski definition) is 3. The third-order valence-corrected chi connectivity index (χ3v) is 5.15. The number of nitrogens with zero attached hydrogens (tertiary/aromatic N) is 1. The van der Waals surface area contributed by atoms with Gasteiger partial charge in [-0.05, 0) is 25.0 Å². The van der Waals surface area contributed by atoms with E-state index in [1.165, 1.54) is 0 Å². The molecule has 0 unspecified atom stereocenters. The zero-order valence-electron chi connectivity index (χ0n) is 14.0. The minimum atomic E-state index is -3.05. The van der Waals surface area contributed by atoms with E-state index < -0.39 is 59.4 Å². The number of primary amides is 1. The fourth-order valence-electron chi connectivity index (χ4n) is 4.10. The first-order chi connectivity index (χ1) is 12.1. The molecule has 5 nitrogen and oxygen atoms in total. The summed E-state index contributed by atoms with van der Waals surface area (Å²) in [4.78, 5) is 25.3. The molecule has 26 heavy (non-hydrogen) atoms. The number of halogens is 4. The average Bonchev–Trinajstić information content (AvgIpc) is 2.79. The van der Waals surface area contributed by atoms with Crippen LogP contribution < -0.4 is 10.6 Å². The second-order valence-electron chi connectivity index (χ2n) is 6.70. The SMILES string of the molecule is CO[C@]1([C@H]2CCCC(F)(F)C2)C(=O)N(CC(N)=O)c2ccc(F)c(F)c21. The summed E-state index contributed by atoms with van der Waals surface area (Å²) in [5.74, 6) is -8.47. The Labute approximate surface area is 147 Å². The Kier molecular flexibility index (Phi) is 4.46. The molecule has 3 rings (SSSR count). The summed E-state index contributed by atoms with van der Waals surface area (Å²) in [6.45, 7) is -0.592. The molecular formula is C17H18F4N2O3. The molecule has 142 valence electrons. The summed E-state index contributed by atoms with van der Waals surface area (Å²) < 4.78 is 61.9. The smallest absolute Gasteiger partial charge is 0.264 e. The largest absolute Gasteiger partial charge is 0.368 e. The lowest BCUT2D eigenvalue weighted by Gasteiger charge is -2.40. The van der Waals surface area contributed by atoms with Gasteiger partial charge in [0.25, 0.3) is 5.91 Å². The third kappa shape index (κ3) is 2.65. The molecule has 0 aromatic heterocycles. The number of nitrogens with two attached hydrogens (primary N) is 1. The maximum absolute atomic E-state index is 14.7. The zero-order valence-corrected chi connectivity index (χ0v) is 14.0. The van der Waals surface area contributed by atoms with Crippen LogP contribution in [-0.4, -0.2) is 31.4 Å². The number of anilines is 1. The first kappa shape index (κ1) is 18.6. The van der Waals surface area contributed by atoms with Crippen LogP contribution in [0.2, 0.25) is 0 Å². The van der Waals surface area contributed by atoms with Crippen molar-refractivity contribution in [2.24, 2.45) is 11.7 Å². The van der Waals surface area contributed by atoms with E-state index >= 15 is 0 Å². The van der Waals surface area contributed by atoms with Crippen LogP contribution in [0.5, 0.6) is 0 Å². The summed E-state index contributed by atoms with van der Waals surface area (Å²) >= 11 is 0. The van der Waals surface area contributed by atoms with Gasteiger partial charge in [-0.2, -0.15) is 0 Å². The number of rotatable bonds is 4. The van der Waals surface area contributed by atoms with E-state index in [9.17, 15) is 27.2 Å². The van der Waals surface area contributed by atoms with Crippen molar-refractivity contribution in [3.63, 3.8) is 0 Å². The van der Waals surface area contributed by atoms with Crippen molar-refractivity contribution in [1.82, 2.24) is 0 Å². The first-order valence-corrected chi connectivity index (χ1v) is 8.16. The molecule has 2 aliphatic rings. The second kappa shape index (κ2) is 6.22. The molecule has 1 saturated carbocycles. The molecule has 1 aromatic carbocycles. The van der Waals surface area contributed by atoms with Gasteiger partial charge < -0.3 is 10.5 Å². The Hall–Kier alpha value is -2.16. The Balaban J connectivity index is 2.21. The lowest BCUT2D eigenvalue weighted by Crippen LogP contribution is -2.51. The van der Waals surface area contributed by atoms with Crippen molar-refractivity contribution in [2.45, 2.75) is 37.2 Å². The molecule has 1 aromatic rings. The van der Waals surface area contributed by atoms with Gasteiger partial charge in [0.1, 0.15) is 6.54 Å². The number of ether oxygens (including phenoxy) is 1. The molecule has 1 aliphatic heterocycles. The molecule has 0 radical (unpaired) electrons. The molecule has 2 N–H and O–H groups in total. The monoisotopic (exact) mass is 374 g/mol. The number of fused-ring (bicyclic) bond motifs is 1. The van der Waals surface area contributed by atoms with Crippen LogP contribution in [0.4, 0.5) is 23.2 Å². The summed E-state index contributed by atoms with van der Waals surface area (Å²) in [5, 5.41) is 0. The number of carbonyl (C=O) groups is 2. The van der Waals surface area contributed by atoms with E-state index in [1.54, 1.807) is 0 Å². The molecule has 1 aliphatic carbocycles. The molecule has 0 saturated heterocycles. The highest BCUT2D eigenvalue weighted by Gasteiger charge is 2.60. The highest BCUT2D eigenvalue weighted by atomic mass is 19.3. The minimum absolute atomic E-state index is 0.0940. The Morgan fingerprint density at radius 2 is 2.08 bits per heavy atom. The van der Waals surface area contributed by atoms with Crippen molar-refractivity contribution in [3.8, 4) is 0 Å². The Morgan fingerprint density at radius 1 is 1.38 bits per heavy atom. The molecule has 1 heterocycles. The van der Waals surface area contributed by atoms with Gasteiger partial charge in [0.15, 0.2) is 17.2 Å². The van der Waals surface area contributed by atoms with Crippen LogP contribution in [-0.2, 0) is 19.9 Å². The number of carbonyl (C=O) groups excluding carboxylic acids is 2. The Morgan fingerprint density at radius 3 is 2.65 bits per heavy atom. The summed E-state index contributed by atoms with van der Waals surface area (Å²) in [7, 11) is 1.09. The van der Waals surface area contributed by atoms with Crippen LogP contribution in [0, 0.1) is 17.6 Å². The van der Waals surface area contributed by atoms with Crippen molar-refractivity contribution < 1.29 is 31.9 Å². The predicted octanol–water partition coefficient (Wildman–Crippen LogP) is 2.46. The number of amides is 2. The van der Waals surface area contributed by atoms with E-state index in [0.29, 0.717) is 0 Å². The van der Waals surface area contributed by atoms with Crippen molar-refractivity contribution >= 4 is 17.5 Å². The fraction of sp³-hybridized carbons (Fsp3) is 0.529. The number of alkyl halides is 2. The van der Waals surface area contributed by atoms with Crippen LogP contribution in [0.25, 0.3) is 0 Å². The van der Waals surface area contributed by atoms with Gasteiger partial charge in [-0.3, -0.25) is 14.5 Å². The molecule has 0 spiro atoms. The van der Waals surface area contributed by atoms with Crippen LogP contribution >= 0.6 is 0 Å². The molecule has 1 fully saturated rings. The van der Waals surface area contributed by atoms with Crippen molar-refractivity contribution in [3.05, 3.63) is 29.3 Å². The summed E-state index contributed by atoms with van der Waals surface area (Å²) in [6, 6.07) is 1.92. The van der Waals surface area contributed by atoms with Crippen molar-refractivity contribution in [2.75, 3.05) is 18.6 Å². The van der Waals surface area contributed by atoms with Gasteiger partial charge in [-0.1, -0.05) is 0 Å². The number of benzene rings is 1. The van der Waals surface area contributed by atoms with Gasteiger partial charge in [0, 0.05) is 25.9 Å². The average molecular weight is 374 g/mol. The van der Waals surface area contributed by atoms with Crippen LogP contribution in [0.3, 0.4) is 0 Å². The lowest BCUT2D eigenvalue weighted by atomic mass is 9.72. The molecular weight excluding hydrogens is 356 g/mol. The number of hydrogen-bond donors (Lipinski definition) is 1. The topological polar surface area (TPSA) is 72.6 Å². The zero-order chi connectivity index (χ0) is 19.3. The lowest BCUT2D eigenvalue weighted by molar-refractivity contribution is -0.160. The van der Waals surface area contributed by atoms with E-state index in [-0.39, 0.29) is 24.9 Å². The number of methoxy groups -OCH3 is 1. The standard InChI is InChI=1S/C17H18F4N2O3/c1-26-17(9-3-2-6-16(20,21)7-9)13-11(5-4-10(18)14(13)19)23(15(17)25)8-12(22)24/h4-5,9H,2-3,6-8H2,1H3,(H2,22,24)/t9-,17-/m0/s1.